The Balaban J connectivity index is 1.80. The molecule has 146 valence electrons. The summed E-state index contributed by atoms with van der Waals surface area (Å²) < 4.78 is 0. The average molecular weight is 407 g/mol. The summed E-state index contributed by atoms with van der Waals surface area (Å²) in [4.78, 5) is 23.0. The maximum absolute atomic E-state index is 12.2. The van der Waals surface area contributed by atoms with Gasteiger partial charge in [0.05, 0.1) is 5.75 Å². The minimum absolute atomic E-state index is 0.0207. The number of aryl methyl sites for hydroxylation is 1. The first-order valence-corrected chi connectivity index (χ1v) is 10.6. The Kier molecular flexibility index (Phi) is 8.88. The van der Waals surface area contributed by atoms with Gasteiger partial charge in [-0.15, -0.1) is 0 Å². The molecule has 5 nitrogen and oxygen atoms in total. The van der Waals surface area contributed by atoms with Gasteiger partial charge in [-0.25, -0.2) is 9.97 Å². The van der Waals surface area contributed by atoms with Crippen LogP contribution in [0.3, 0.4) is 0 Å². The third-order valence-corrected chi connectivity index (χ3v) is 5.10. The van der Waals surface area contributed by atoms with Crippen LogP contribution in [0.4, 0.5) is 5.82 Å². The zero-order valence-corrected chi connectivity index (χ0v) is 17.7. The standard InChI is InChI=1S/C20H27ClN4OS/c1-4-12-25(3)18-13-17(21)23-20(24-18)27-14-19(26)22-15(2)10-11-16-8-6-5-7-9-16/h5-9,13,15H,4,10-12,14H2,1-3H3,(H,22,26). The van der Waals surface area contributed by atoms with E-state index in [2.05, 4.69) is 34.3 Å². The molecule has 1 N–H and O–H groups in total. The summed E-state index contributed by atoms with van der Waals surface area (Å²) in [6, 6.07) is 12.1. The zero-order chi connectivity index (χ0) is 19.6. The van der Waals surface area contributed by atoms with Gasteiger partial charge in [0.25, 0.3) is 0 Å². The number of benzene rings is 1. The molecule has 1 aromatic carbocycles. The summed E-state index contributed by atoms with van der Waals surface area (Å²) >= 11 is 7.41. The highest BCUT2D eigenvalue weighted by Crippen LogP contribution is 2.21. The average Bonchev–Trinajstić information content (AvgIpc) is 2.65. The lowest BCUT2D eigenvalue weighted by atomic mass is 10.1. The fraction of sp³-hybridized carbons (Fsp3) is 0.450. The van der Waals surface area contributed by atoms with Crippen molar-refractivity contribution in [3.8, 4) is 0 Å². The Morgan fingerprint density at radius 3 is 2.74 bits per heavy atom. The van der Waals surface area contributed by atoms with Crippen LogP contribution in [0.15, 0.2) is 41.6 Å². The zero-order valence-electron chi connectivity index (χ0n) is 16.1. The number of carbonyl (C=O) groups excluding carboxylic acids is 1. The molecule has 0 fully saturated rings. The first kappa shape index (κ1) is 21.5. The number of anilines is 1. The summed E-state index contributed by atoms with van der Waals surface area (Å²) in [5.74, 6) is 1.02. The summed E-state index contributed by atoms with van der Waals surface area (Å²) in [5.41, 5.74) is 1.28. The quantitative estimate of drug-likeness (QED) is 0.364. The molecule has 0 radical (unpaired) electrons. The van der Waals surface area contributed by atoms with Crippen LogP contribution < -0.4 is 10.2 Å². The number of aromatic nitrogens is 2. The van der Waals surface area contributed by atoms with Gasteiger partial charge in [0.15, 0.2) is 5.16 Å². The SMILES string of the molecule is CCCN(C)c1cc(Cl)nc(SCC(=O)NC(C)CCc2ccccc2)n1. The van der Waals surface area contributed by atoms with Gasteiger partial charge in [0, 0.05) is 25.7 Å². The van der Waals surface area contributed by atoms with E-state index in [0.717, 1.165) is 31.6 Å². The first-order valence-electron chi connectivity index (χ1n) is 9.19. The van der Waals surface area contributed by atoms with Crippen LogP contribution in [0.1, 0.15) is 32.3 Å². The fourth-order valence-corrected chi connectivity index (χ4v) is 3.53. The lowest BCUT2D eigenvalue weighted by Gasteiger charge is -2.17. The van der Waals surface area contributed by atoms with Gasteiger partial charge in [-0.2, -0.15) is 0 Å². The van der Waals surface area contributed by atoms with E-state index in [1.165, 1.54) is 17.3 Å². The van der Waals surface area contributed by atoms with Crippen molar-refractivity contribution < 1.29 is 4.79 Å². The van der Waals surface area contributed by atoms with Gasteiger partial charge < -0.3 is 10.2 Å². The summed E-state index contributed by atoms with van der Waals surface area (Å²) in [6.45, 7) is 5.02. The van der Waals surface area contributed by atoms with Crippen LogP contribution in [0.2, 0.25) is 5.15 Å². The lowest BCUT2D eigenvalue weighted by molar-refractivity contribution is -0.119. The van der Waals surface area contributed by atoms with Gasteiger partial charge in [-0.05, 0) is 31.7 Å². The van der Waals surface area contributed by atoms with Gasteiger partial charge in [-0.1, -0.05) is 60.6 Å². The van der Waals surface area contributed by atoms with E-state index >= 15 is 0 Å². The van der Waals surface area contributed by atoms with E-state index in [9.17, 15) is 4.79 Å². The molecule has 1 unspecified atom stereocenters. The number of halogens is 1. The molecule has 0 bridgehead atoms. The molecule has 7 heteroatoms. The number of nitrogens with zero attached hydrogens (tertiary/aromatic N) is 3. The Morgan fingerprint density at radius 2 is 2.04 bits per heavy atom. The van der Waals surface area contributed by atoms with Crippen LogP contribution in [0.5, 0.6) is 0 Å². The number of hydrogen-bond donors (Lipinski definition) is 1. The first-order chi connectivity index (χ1) is 13.0. The molecule has 0 aliphatic carbocycles. The normalized spacial score (nSPS) is 11.9. The van der Waals surface area contributed by atoms with Crippen molar-refractivity contribution in [3.05, 3.63) is 47.1 Å². The largest absolute Gasteiger partial charge is 0.360 e. The predicted molar refractivity (Wildman–Crippen MR) is 114 cm³/mol. The molecule has 0 aliphatic heterocycles. The lowest BCUT2D eigenvalue weighted by Crippen LogP contribution is -2.34. The van der Waals surface area contributed by atoms with Crippen molar-refractivity contribution in [2.45, 2.75) is 44.3 Å². The van der Waals surface area contributed by atoms with E-state index in [1.54, 1.807) is 6.07 Å². The maximum atomic E-state index is 12.2. The van der Waals surface area contributed by atoms with Crippen molar-refractivity contribution in [1.82, 2.24) is 15.3 Å². The Bertz CT molecular complexity index is 729. The second kappa shape index (κ2) is 11.1. The number of amides is 1. The van der Waals surface area contributed by atoms with Crippen molar-refractivity contribution >= 4 is 35.1 Å². The molecule has 2 rings (SSSR count). The van der Waals surface area contributed by atoms with Gasteiger partial charge in [0.1, 0.15) is 11.0 Å². The van der Waals surface area contributed by atoms with Crippen LogP contribution in [-0.2, 0) is 11.2 Å². The third kappa shape index (κ3) is 7.77. The van der Waals surface area contributed by atoms with Gasteiger partial charge in [0.2, 0.25) is 5.91 Å². The smallest absolute Gasteiger partial charge is 0.230 e. The molecule has 0 saturated heterocycles. The van der Waals surface area contributed by atoms with E-state index in [0.29, 0.717) is 10.3 Å². The monoisotopic (exact) mass is 406 g/mol. The second-order valence-electron chi connectivity index (χ2n) is 6.53. The molecular formula is C20H27ClN4OS. The minimum atomic E-state index is -0.0207. The Morgan fingerprint density at radius 1 is 1.30 bits per heavy atom. The molecular weight excluding hydrogens is 380 g/mol. The summed E-state index contributed by atoms with van der Waals surface area (Å²) in [7, 11) is 1.97. The number of rotatable bonds is 10. The fourth-order valence-electron chi connectivity index (χ4n) is 2.64. The van der Waals surface area contributed by atoms with Gasteiger partial charge >= 0.3 is 0 Å². The summed E-state index contributed by atoms with van der Waals surface area (Å²) in [5, 5.41) is 3.95. The maximum Gasteiger partial charge on any atom is 0.230 e. The molecule has 27 heavy (non-hydrogen) atoms. The Labute approximate surface area is 170 Å². The highest BCUT2D eigenvalue weighted by molar-refractivity contribution is 7.99. The number of hydrogen-bond acceptors (Lipinski definition) is 5. The summed E-state index contributed by atoms with van der Waals surface area (Å²) in [6.07, 6.45) is 2.86. The molecule has 1 heterocycles. The van der Waals surface area contributed by atoms with Crippen molar-refractivity contribution in [2.24, 2.45) is 0 Å². The van der Waals surface area contributed by atoms with E-state index in [1.807, 2.05) is 37.1 Å². The Hall–Kier alpha value is -1.79. The van der Waals surface area contributed by atoms with Crippen LogP contribution in [0.25, 0.3) is 0 Å². The molecule has 0 saturated carbocycles. The van der Waals surface area contributed by atoms with Crippen LogP contribution in [0, 0.1) is 0 Å². The highest BCUT2D eigenvalue weighted by Gasteiger charge is 2.12. The van der Waals surface area contributed by atoms with Gasteiger partial charge in [-0.3, -0.25) is 4.79 Å². The highest BCUT2D eigenvalue weighted by atomic mass is 35.5. The number of carbonyl (C=O) groups is 1. The molecule has 0 spiro atoms. The van der Waals surface area contributed by atoms with Crippen molar-refractivity contribution in [1.29, 1.82) is 0 Å². The van der Waals surface area contributed by atoms with Crippen LogP contribution >= 0.6 is 23.4 Å². The third-order valence-electron chi connectivity index (χ3n) is 4.06. The second-order valence-corrected chi connectivity index (χ2v) is 7.86. The number of thioether (sulfide) groups is 1. The molecule has 2 aromatic rings. The minimum Gasteiger partial charge on any atom is -0.360 e. The van der Waals surface area contributed by atoms with E-state index in [-0.39, 0.29) is 17.7 Å². The van der Waals surface area contributed by atoms with Crippen molar-refractivity contribution in [2.75, 3.05) is 24.2 Å². The van der Waals surface area contributed by atoms with E-state index in [4.69, 9.17) is 11.6 Å². The molecule has 1 amide bonds. The molecule has 1 atom stereocenters. The number of nitrogens with one attached hydrogen (secondary N) is 1. The van der Waals surface area contributed by atoms with E-state index < -0.39 is 0 Å². The van der Waals surface area contributed by atoms with Crippen molar-refractivity contribution in [3.63, 3.8) is 0 Å². The van der Waals surface area contributed by atoms with Crippen LogP contribution in [-0.4, -0.2) is 41.3 Å². The predicted octanol–water partition coefficient (Wildman–Crippen LogP) is 4.21. The molecule has 1 aromatic heterocycles. The topological polar surface area (TPSA) is 58.1 Å². The molecule has 0 aliphatic rings.